The molecule has 0 spiro atoms. The molecule has 1 rings (SSSR count). The maximum Gasteiger partial charge on any atom is 0.311 e. The largest absolute Gasteiger partial charge is 0.462 e. The van der Waals surface area contributed by atoms with Crippen LogP contribution in [-0.4, -0.2) is 32.8 Å². The second-order valence-electron chi connectivity index (χ2n) is 8.31. The molecule has 0 bridgehead atoms. The summed E-state index contributed by atoms with van der Waals surface area (Å²) >= 11 is 0. The molecule has 1 saturated heterocycles. The van der Waals surface area contributed by atoms with E-state index in [2.05, 4.69) is 40.8 Å². The zero-order valence-electron chi connectivity index (χ0n) is 15.3. The van der Waals surface area contributed by atoms with Crippen molar-refractivity contribution in [1.82, 2.24) is 0 Å². The van der Waals surface area contributed by atoms with E-state index in [1.807, 2.05) is 13.8 Å². The van der Waals surface area contributed by atoms with Crippen molar-refractivity contribution < 1.29 is 18.8 Å². The maximum absolute atomic E-state index is 12.2. The molecule has 1 heterocycles. The predicted octanol–water partition coefficient (Wildman–Crippen LogP) is 3.80. The lowest BCUT2D eigenvalue weighted by Crippen LogP contribution is -2.54. The van der Waals surface area contributed by atoms with E-state index in [0.29, 0.717) is 6.42 Å². The van der Waals surface area contributed by atoms with Gasteiger partial charge < -0.3 is 14.0 Å². The Morgan fingerprint density at radius 2 is 1.86 bits per heavy atom. The van der Waals surface area contributed by atoms with Crippen LogP contribution < -0.4 is 0 Å². The number of cyclic esters (lactones) is 1. The van der Waals surface area contributed by atoms with E-state index in [-0.39, 0.29) is 41.0 Å². The molecular formula is C17H32O4Si. The van der Waals surface area contributed by atoms with Crippen molar-refractivity contribution in [3.05, 3.63) is 0 Å². The van der Waals surface area contributed by atoms with E-state index >= 15 is 0 Å². The van der Waals surface area contributed by atoms with Gasteiger partial charge in [0.25, 0.3) is 0 Å². The van der Waals surface area contributed by atoms with Crippen molar-refractivity contribution in [2.24, 2.45) is 17.8 Å². The normalized spacial score (nSPS) is 31.5. The SMILES string of the molecule is C[C@@H]1[C@@H](O[Si](C)(C)C(C)(C)C)[C@@H](C)C(=O)O[C@H]1C[C@H](C)C=O. The number of aldehydes is 1. The van der Waals surface area contributed by atoms with E-state index in [0.717, 1.165) is 6.29 Å². The standard InChI is InChI=1S/C17H32O4Si/c1-11(10-18)9-14-12(2)15(13(3)16(19)20-14)21-22(7,8)17(4,5)6/h10-15H,9H2,1-8H3/t11-,12-,13+,14-,15+/m0/s1. The number of hydrogen-bond acceptors (Lipinski definition) is 4. The van der Waals surface area contributed by atoms with Crippen LogP contribution in [0.25, 0.3) is 0 Å². The number of hydrogen-bond donors (Lipinski definition) is 0. The van der Waals surface area contributed by atoms with Gasteiger partial charge in [0.05, 0.1) is 12.0 Å². The summed E-state index contributed by atoms with van der Waals surface area (Å²) in [5.74, 6) is -0.469. The first-order valence-corrected chi connectivity index (χ1v) is 11.1. The quantitative estimate of drug-likeness (QED) is 0.437. The average molecular weight is 329 g/mol. The maximum atomic E-state index is 12.2. The number of carbonyl (C=O) groups is 2. The van der Waals surface area contributed by atoms with Gasteiger partial charge in [-0.05, 0) is 31.5 Å². The second kappa shape index (κ2) is 6.83. The zero-order valence-corrected chi connectivity index (χ0v) is 16.3. The molecule has 0 radical (unpaired) electrons. The van der Waals surface area contributed by atoms with Crippen molar-refractivity contribution >= 4 is 20.6 Å². The van der Waals surface area contributed by atoms with Crippen LogP contribution in [0.4, 0.5) is 0 Å². The third-order valence-corrected chi connectivity index (χ3v) is 9.78. The average Bonchev–Trinajstić information content (AvgIpc) is 2.39. The summed E-state index contributed by atoms with van der Waals surface area (Å²) in [6.07, 6.45) is 1.12. The number of esters is 1. The van der Waals surface area contributed by atoms with E-state index in [1.165, 1.54) is 0 Å². The molecule has 0 N–H and O–H groups in total. The minimum atomic E-state index is -1.96. The Bertz CT molecular complexity index is 413. The van der Waals surface area contributed by atoms with Gasteiger partial charge in [-0.3, -0.25) is 4.79 Å². The number of ether oxygens (including phenoxy) is 1. The molecule has 0 unspecified atom stereocenters. The summed E-state index contributed by atoms with van der Waals surface area (Å²) in [7, 11) is -1.96. The van der Waals surface area contributed by atoms with E-state index in [4.69, 9.17) is 9.16 Å². The molecule has 0 aliphatic carbocycles. The Balaban J connectivity index is 2.95. The highest BCUT2D eigenvalue weighted by Crippen LogP contribution is 2.41. The van der Waals surface area contributed by atoms with Crippen LogP contribution in [-0.2, 0) is 18.8 Å². The Kier molecular flexibility index (Phi) is 6.01. The molecule has 1 aliphatic heterocycles. The van der Waals surface area contributed by atoms with Gasteiger partial charge in [0.15, 0.2) is 8.32 Å². The van der Waals surface area contributed by atoms with Gasteiger partial charge >= 0.3 is 5.97 Å². The molecule has 0 aromatic rings. The van der Waals surface area contributed by atoms with Crippen molar-refractivity contribution in [3.63, 3.8) is 0 Å². The summed E-state index contributed by atoms with van der Waals surface area (Å²) in [5, 5.41) is 0.0966. The van der Waals surface area contributed by atoms with Crippen LogP contribution >= 0.6 is 0 Å². The molecule has 5 heteroatoms. The Labute approximate surface area is 136 Å². The van der Waals surface area contributed by atoms with Gasteiger partial charge in [-0.2, -0.15) is 0 Å². The topological polar surface area (TPSA) is 52.6 Å². The van der Waals surface area contributed by atoms with Crippen molar-refractivity contribution in [2.75, 3.05) is 0 Å². The second-order valence-corrected chi connectivity index (χ2v) is 13.1. The summed E-state index contributed by atoms with van der Waals surface area (Å²) in [5.41, 5.74) is 0. The van der Waals surface area contributed by atoms with Gasteiger partial charge in [0.1, 0.15) is 12.4 Å². The first-order chi connectivity index (χ1) is 9.90. The van der Waals surface area contributed by atoms with Crippen LogP contribution in [0.5, 0.6) is 0 Å². The lowest BCUT2D eigenvalue weighted by atomic mass is 9.83. The minimum absolute atomic E-state index is 0.0966. The van der Waals surface area contributed by atoms with E-state index < -0.39 is 8.32 Å². The van der Waals surface area contributed by atoms with Crippen molar-refractivity contribution in [1.29, 1.82) is 0 Å². The first-order valence-electron chi connectivity index (χ1n) is 8.24. The Morgan fingerprint density at radius 3 is 2.32 bits per heavy atom. The molecule has 0 aromatic heterocycles. The lowest BCUT2D eigenvalue weighted by Gasteiger charge is -2.46. The molecule has 1 aliphatic rings. The highest BCUT2D eigenvalue weighted by molar-refractivity contribution is 6.74. The fourth-order valence-electron chi connectivity index (χ4n) is 2.58. The molecular weight excluding hydrogens is 296 g/mol. The highest BCUT2D eigenvalue weighted by atomic mass is 28.4. The molecule has 0 aromatic carbocycles. The Hall–Kier alpha value is -0.683. The monoisotopic (exact) mass is 328 g/mol. The van der Waals surface area contributed by atoms with Crippen LogP contribution in [0.2, 0.25) is 18.1 Å². The van der Waals surface area contributed by atoms with Gasteiger partial charge in [0, 0.05) is 11.8 Å². The van der Waals surface area contributed by atoms with Crippen LogP contribution in [0.3, 0.4) is 0 Å². The zero-order chi connectivity index (χ0) is 17.3. The molecule has 22 heavy (non-hydrogen) atoms. The summed E-state index contributed by atoms with van der Waals surface area (Å²) in [6.45, 7) is 16.8. The molecule has 0 saturated carbocycles. The van der Waals surface area contributed by atoms with Crippen molar-refractivity contribution in [3.8, 4) is 0 Å². The van der Waals surface area contributed by atoms with E-state index in [9.17, 15) is 9.59 Å². The van der Waals surface area contributed by atoms with Crippen LogP contribution in [0.15, 0.2) is 0 Å². The fraction of sp³-hybridized carbons (Fsp3) is 0.882. The molecule has 128 valence electrons. The van der Waals surface area contributed by atoms with Gasteiger partial charge in [-0.1, -0.05) is 34.6 Å². The fourth-order valence-corrected chi connectivity index (χ4v) is 4.03. The molecule has 1 fully saturated rings. The summed E-state index contributed by atoms with van der Waals surface area (Å²) < 4.78 is 12.1. The highest BCUT2D eigenvalue weighted by Gasteiger charge is 2.47. The van der Waals surface area contributed by atoms with Crippen molar-refractivity contribution in [2.45, 2.75) is 78.3 Å². The third-order valence-electron chi connectivity index (χ3n) is 5.31. The minimum Gasteiger partial charge on any atom is -0.462 e. The molecule has 0 amide bonds. The first kappa shape index (κ1) is 19.4. The van der Waals surface area contributed by atoms with Gasteiger partial charge in [-0.25, -0.2) is 0 Å². The summed E-state index contributed by atoms with van der Waals surface area (Å²) in [6, 6.07) is 0. The number of carbonyl (C=O) groups excluding carboxylic acids is 2. The Morgan fingerprint density at radius 1 is 1.32 bits per heavy atom. The van der Waals surface area contributed by atoms with Gasteiger partial charge in [0.2, 0.25) is 0 Å². The van der Waals surface area contributed by atoms with Crippen LogP contribution in [0, 0.1) is 17.8 Å². The van der Waals surface area contributed by atoms with E-state index in [1.54, 1.807) is 0 Å². The molecule has 4 nitrogen and oxygen atoms in total. The lowest BCUT2D eigenvalue weighted by molar-refractivity contribution is -0.177. The smallest absolute Gasteiger partial charge is 0.311 e. The van der Waals surface area contributed by atoms with Crippen LogP contribution in [0.1, 0.15) is 48.0 Å². The predicted molar refractivity (Wildman–Crippen MR) is 90.1 cm³/mol. The third kappa shape index (κ3) is 4.19. The number of rotatable bonds is 5. The molecule has 5 atom stereocenters. The summed E-state index contributed by atoms with van der Waals surface area (Å²) in [4.78, 5) is 23.1. The van der Waals surface area contributed by atoms with Gasteiger partial charge in [-0.15, -0.1) is 0 Å².